The molecule has 2 aromatic rings. The van der Waals surface area contributed by atoms with E-state index in [1.165, 1.54) is 11.3 Å². The van der Waals surface area contributed by atoms with Crippen molar-refractivity contribution in [2.75, 3.05) is 69.7 Å². The molecule has 3 N–H and O–H groups in total. The number of carbonyl (C=O) groups excluding carboxylic acids is 1. The molecular formula is C17H26N8O3S. The minimum Gasteiger partial charge on any atom is -0.379 e. The van der Waals surface area contributed by atoms with Crippen LogP contribution in [0.25, 0.3) is 10.3 Å². The van der Waals surface area contributed by atoms with Gasteiger partial charge >= 0.3 is 6.09 Å². The third kappa shape index (κ3) is 4.83. The topological polar surface area (TPSA) is 122 Å². The normalized spacial score (nSPS) is 21.4. The highest BCUT2D eigenvalue weighted by molar-refractivity contribution is 7.16. The number of morpholine rings is 1. The molecule has 4 heterocycles. The predicted octanol–water partition coefficient (Wildman–Crippen LogP) is 0.152. The number of nitrogens with two attached hydrogens (primary N) is 1. The number of hydroxylamine groups is 2. The van der Waals surface area contributed by atoms with Gasteiger partial charge in [-0.25, -0.2) is 14.8 Å². The number of piperazine rings is 1. The van der Waals surface area contributed by atoms with Gasteiger partial charge in [-0.2, -0.15) is 4.98 Å². The van der Waals surface area contributed by atoms with Crippen LogP contribution in [0, 0.1) is 0 Å². The van der Waals surface area contributed by atoms with E-state index >= 15 is 0 Å². The molecule has 4 rings (SSSR count). The van der Waals surface area contributed by atoms with Crippen molar-refractivity contribution in [3.8, 4) is 0 Å². The van der Waals surface area contributed by atoms with Crippen molar-refractivity contribution in [2.24, 2.45) is 0 Å². The largest absolute Gasteiger partial charge is 0.426 e. The van der Waals surface area contributed by atoms with Crippen LogP contribution in [0.5, 0.6) is 0 Å². The molecule has 12 heteroatoms. The average molecular weight is 423 g/mol. The van der Waals surface area contributed by atoms with Crippen molar-refractivity contribution in [1.29, 1.82) is 0 Å². The number of anilines is 2. The molecule has 0 saturated carbocycles. The summed E-state index contributed by atoms with van der Waals surface area (Å²) in [7, 11) is 0. The summed E-state index contributed by atoms with van der Waals surface area (Å²) in [5.41, 5.74) is 8.36. The molecule has 0 aliphatic carbocycles. The molecule has 1 atom stereocenters. The number of hydrogen-bond acceptors (Lipinski definition) is 11. The minimum absolute atomic E-state index is 0.0732. The smallest absolute Gasteiger partial charge is 0.379 e. The molecule has 2 saturated heterocycles. The number of fused-ring (bicyclic) bond motifs is 1. The fraction of sp³-hybridized carbons (Fsp3) is 0.647. The quantitative estimate of drug-likeness (QED) is 0.688. The predicted molar refractivity (Wildman–Crippen MR) is 110 cm³/mol. The molecule has 0 radical (unpaired) electrons. The Labute approximate surface area is 172 Å². The lowest BCUT2D eigenvalue weighted by Gasteiger charge is -2.39. The lowest BCUT2D eigenvalue weighted by Crippen LogP contribution is -2.53. The Morgan fingerprint density at radius 2 is 2.17 bits per heavy atom. The van der Waals surface area contributed by atoms with E-state index in [0.717, 1.165) is 49.0 Å². The Kier molecular flexibility index (Phi) is 6.23. The summed E-state index contributed by atoms with van der Waals surface area (Å²) in [6.45, 7) is 8.47. The number of nitrogens with zero attached hydrogens (tertiary/aromatic N) is 6. The Balaban J connectivity index is 1.27. The van der Waals surface area contributed by atoms with Crippen molar-refractivity contribution < 1.29 is 14.4 Å². The van der Waals surface area contributed by atoms with Gasteiger partial charge < -0.3 is 25.5 Å². The molecule has 0 unspecified atom stereocenters. The number of carbonyl (C=O) groups is 1. The highest BCUT2D eigenvalue weighted by atomic mass is 32.1. The second-order valence-corrected chi connectivity index (χ2v) is 7.93. The summed E-state index contributed by atoms with van der Waals surface area (Å²) >= 11 is 1.44. The fourth-order valence-electron chi connectivity index (χ4n) is 3.58. The van der Waals surface area contributed by atoms with Gasteiger partial charge in [0.1, 0.15) is 5.52 Å². The Morgan fingerprint density at radius 3 is 2.97 bits per heavy atom. The molecule has 2 aliphatic rings. The number of aromatic nitrogens is 3. The van der Waals surface area contributed by atoms with E-state index < -0.39 is 6.09 Å². The van der Waals surface area contributed by atoms with Crippen LogP contribution in [0.2, 0.25) is 0 Å². The first-order valence-corrected chi connectivity index (χ1v) is 10.6. The molecule has 2 fully saturated rings. The number of amides is 1. The highest BCUT2D eigenvalue weighted by Gasteiger charge is 2.29. The molecular weight excluding hydrogens is 396 g/mol. The molecule has 158 valence electrons. The van der Waals surface area contributed by atoms with Gasteiger partial charge in [-0.05, 0) is 6.92 Å². The second-order valence-electron chi connectivity index (χ2n) is 7.10. The molecule has 0 bridgehead atoms. The zero-order chi connectivity index (χ0) is 20.2. The van der Waals surface area contributed by atoms with Crippen LogP contribution in [0.4, 0.5) is 16.6 Å². The average Bonchev–Trinajstić information content (AvgIpc) is 3.17. The standard InChI is InChI=1S/C17H26N8O3S/c1-12-10-24(28-17(26)19-2-3-23-6-8-27-9-7-23)4-5-25(12)14-13-15(29-11-20-13)22-16(18)21-14/h11-12H,2-10H2,1H3,(H,19,26)(H2,18,21,22)/t12-/m0/s1. The van der Waals surface area contributed by atoms with E-state index in [9.17, 15) is 4.79 Å². The molecule has 0 aromatic carbocycles. The van der Waals surface area contributed by atoms with Crippen molar-refractivity contribution in [3.63, 3.8) is 0 Å². The van der Waals surface area contributed by atoms with Crippen LogP contribution in [-0.2, 0) is 9.57 Å². The van der Waals surface area contributed by atoms with Gasteiger partial charge in [0.05, 0.1) is 31.8 Å². The first kappa shape index (κ1) is 20.0. The SMILES string of the molecule is C[C@H]1CN(OC(=O)NCCN2CCOCC2)CCN1c1nc(N)nc2scnc12. The third-order valence-corrected chi connectivity index (χ3v) is 5.79. The lowest BCUT2D eigenvalue weighted by atomic mass is 10.2. The lowest BCUT2D eigenvalue weighted by molar-refractivity contribution is -0.109. The number of hydrogen-bond donors (Lipinski definition) is 2. The van der Waals surface area contributed by atoms with E-state index in [4.69, 9.17) is 15.3 Å². The second kappa shape index (κ2) is 9.03. The van der Waals surface area contributed by atoms with Crippen LogP contribution >= 0.6 is 11.3 Å². The summed E-state index contributed by atoms with van der Waals surface area (Å²) in [4.78, 5) is 35.8. The van der Waals surface area contributed by atoms with Crippen LogP contribution < -0.4 is 16.0 Å². The maximum atomic E-state index is 12.1. The van der Waals surface area contributed by atoms with E-state index in [0.29, 0.717) is 26.2 Å². The first-order valence-electron chi connectivity index (χ1n) is 9.74. The third-order valence-electron chi connectivity index (χ3n) is 5.07. The number of ether oxygens (including phenoxy) is 1. The van der Waals surface area contributed by atoms with Gasteiger partial charge in [-0.1, -0.05) is 0 Å². The van der Waals surface area contributed by atoms with Gasteiger partial charge in [-0.15, -0.1) is 16.4 Å². The van der Waals surface area contributed by atoms with Crippen LogP contribution in [0.3, 0.4) is 0 Å². The maximum absolute atomic E-state index is 12.1. The summed E-state index contributed by atoms with van der Waals surface area (Å²) in [6, 6.07) is 0.0732. The Morgan fingerprint density at radius 1 is 1.34 bits per heavy atom. The zero-order valence-electron chi connectivity index (χ0n) is 16.4. The van der Waals surface area contributed by atoms with Crippen molar-refractivity contribution in [1.82, 2.24) is 30.2 Å². The van der Waals surface area contributed by atoms with Gasteiger partial charge in [-0.3, -0.25) is 4.90 Å². The van der Waals surface area contributed by atoms with Gasteiger partial charge in [0.25, 0.3) is 0 Å². The molecule has 2 aromatic heterocycles. The summed E-state index contributed by atoms with van der Waals surface area (Å²) < 4.78 is 5.32. The summed E-state index contributed by atoms with van der Waals surface area (Å²) in [5, 5.41) is 4.51. The van der Waals surface area contributed by atoms with Gasteiger partial charge in [0.2, 0.25) is 5.95 Å². The molecule has 29 heavy (non-hydrogen) atoms. The molecule has 2 aliphatic heterocycles. The van der Waals surface area contributed by atoms with Crippen LogP contribution in [0.15, 0.2) is 5.51 Å². The van der Waals surface area contributed by atoms with Gasteiger partial charge in [0.15, 0.2) is 10.6 Å². The van der Waals surface area contributed by atoms with Crippen LogP contribution in [0.1, 0.15) is 6.92 Å². The van der Waals surface area contributed by atoms with E-state index in [1.807, 2.05) is 0 Å². The van der Waals surface area contributed by atoms with Crippen molar-refractivity contribution >= 4 is 39.5 Å². The first-order chi connectivity index (χ1) is 14.1. The van der Waals surface area contributed by atoms with E-state index in [-0.39, 0.29) is 12.0 Å². The molecule has 0 spiro atoms. The monoisotopic (exact) mass is 422 g/mol. The van der Waals surface area contributed by atoms with E-state index in [2.05, 4.69) is 37.0 Å². The maximum Gasteiger partial charge on any atom is 0.426 e. The number of rotatable bonds is 5. The molecule has 1 amide bonds. The minimum atomic E-state index is -0.424. The molecule has 11 nitrogen and oxygen atoms in total. The number of nitrogen functional groups attached to an aromatic ring is 1. The van der Waals surface area contributed by atoms with Crippen LogP contribution in [-0.4, -0.2) is 96.1 Å². The van der Waals surface area contributed by atoms with Crippen molar-refractivity contribution in [3.05, 3.63) is 5.51 Å². The van der Waals surface area contributed by atoms with Gasteiger partial charge in [0, 0.05) is 38.8 Å². The highest BCUT2D eigenvalue weighted by Crippen LogP contribution is 2.28. The number of nitrogens with one attached hydrogen (secondary N) is 1. The summed E-state index contributed by atoms with van der Waals surface area (Å²) in [6.07, 6.45) is -0.424. The van der Waals surface area contributed by atoms with Crippen molar-refractivity contribution in [2.45, 2.75) is 13.0 Å². The Hall–Kier alpha value is -2.28. The summed E-state index contributed by atoms with van der Waals surface area (Å²) in [5.74, 6) is 0.970. The Bertz CT molecular complexity index is 843. The van der Waals surface area contributed by atoms with E-state index in [1.54, 1.807) is 10.6 Å². The number of thiazole rings is 1. The fourth-order valence-corrected chi connectivity index (χ4v) is 4.24. The zero-order valence-corrected chi connectivity index (χ0v) is 17.2.